The monoisotopic (exact) mass is 366 g/mol. The second kappa shape index (κ2) is 7.06. The molecule has 5 nitrogen and oxygen atoms in total. The van der Waals surface area contributed by atoms with Crippen LogP contribution in [0.15, 0.2) is 35.1 Å². The fourth-order valence-electron chi connectivity index (χ4n) is 2.94. The van der Waals surface area contributed by atoms with Crippen LogP contribution in [-0.4, -0.2) is 19.2 Å². The van der Waals surface area contributed by atoms with Crippen LogP contribution in [0, 0.1) is 25.2 Å². The van der Waals surface area contributed by atoms with E-state index in [1.54, 1.807) is 37.7 Å². The summed E-state index contributed by atoms with van der Waals surface area (Å²) in [6.45, 7) is 4.00. The number of ether oxygens (including phenoxy) is 2. The molecule has 3 rings (SSSR count). The Hall–Kier alpha value is -3.04. The second-order valence-corrected chi connectivity index (χ2v) is 7.27. The maximum absolute atomic E-state index is 12.5. The van der Waals surface area contributed by atoms with Gasteiger partial charge in [-0.1, -0.05) is 0 Å². The number of hydrogen-bond acceptors (Lipinski definition) is 5. The van der Waals surface area contributed by atoms with Crippen LogP contribution >= 0.6 is 11.3 Å². The lowest BCUT2D eigenvalue weighted by Crippen LogP contribution is -2.12. The molecule has 0 saturated heterocycles. The zero-order valence-corrected chi connectivity index (χ0v) is 15.8. The molecule has 6 heteroatoms. The minimum Gasteiger partial charge on any atom is -0.493 e. The quantitative estimate of drug-likeness (QED) is 0.748. The van der Waals surface area contributed by atoms with Crippen LogP contribution < -0.4 is 15.0 Å². The van der Waals surface area contributed by atoms with Crippen LogP contribution in [0.2, 0.25) is 0 Å². The van der Waals surface area contributed by atoms with E-state index in [-0.39, 0.29) is 5.56 Å². The maximum Gasteiger partial charge on any atom is 0.266 e. The molecule has 0 amide bonds. The third kappa shape index (κ3) is 3.09. The van der Waals surface area contributed by atoms with Crippen molar-refractivity contribution >= 4 is 11.3 Å². The predicted molar refractivity (Wildman–Crippen MR) is 103 cm³/mol. The van der Waals surface area contributed by atoms with Gasteiger partial charge in [0.15, 0.2) is 11.5 Å². The molecule has 2 heterocycles. The summed E-state index contributed by atoms with van der Waals surface area (Å²) in [5.41, 5.74) is 2.66. The van der Waals surface area contributed by atoms with Gasteiger partial charge in [0.05, 0.1) is 14.2 Å². The number of methoxy groups -OCH3 is 2. The van der Waals surface area contributed by atoms with Crippen LogP contribution in [0.1, 0.15) is 15.3 Å². The average Bonchev–Trinajstić information content (AvgIpc) is 2.98. The van der Waals surface area contributed by atoms with Gasteiger partial charge in [-0.25, -0.2) is 0 Å². The van der Waals surface area contributed by atoms with Crippen molar-refractivity contribution in [2.75, 3.05) is 14.2 Å². The Morgan fingerprint density at radius 3 is 2.35 bits per heavy atom. The number of nitrogens with one attached hydrogen (secondary N) is 1. The first-order valence-corrected chi connectivity index (χ1v) is 8.77. The SMILES string of the molecule is COc1ccc(-c2cc(-c3cc(C)sc3C)c(C#N)c(=O)[nH]2)cc1OC. The maximum atomic E-state index is 12.5. The third-order valence-electron chi connectivity index (χ3n) is 4.17. The van der Waals surface area contributed by atoms with Crippen molar-refractivity contribution in [3.8, 4) is 40.0 Å². The van der Waals surface area contributed by atoms with Crippen LogP contribution in [0.4, 0.5) is 0 Å². The van der Waals surface area contributed by atoms with Crippen molar-refractivity contribution in [1.29, 1.82) is 5.26 Å². The Labute approximate surface area is 155 Å². The van der Waals surface area contributed by atoms with Crippen molar-refractivity contribution in [2.24, 2.45) is 0 Å². The summed E-state index contributed by atoms with van der Waals surface area (Å²) >= 11 is 1.64. The topological polar surface area (TPSA) is 75.1 Å². The van der Waals surface area contributed by atoms with Crippen LogP contribution in [0.25, 0.3) is 22.4 Å². The van der Waals surface area contributed by atoms with E-state index in [0.717, 1.165) is 20.9 Å². The number of nitriles is 1. The molecule has 1 N–H and O–H groups in total. The Kier molecular flexibility index (Phi) is 4.83. The summed E-state index contributed by atoms with van der Waals surface area (Å²) < 4.78 is 10.6. The molecule has 1 aromatic carbocycles. The van der Waals surface area contributed by atoms with E-state index in [4.69, 9.17) is 9.47 Å². The summed E-state index contributed by atoms with van der Waals surface area (Å²) in [5.74, 6) is 1.18. The van der Waals surface area contributed by atoms with Gasteiger partial charge < -0.3 is 14.5 Å². The van der Waals surface area contributed by atoms with Gasteiger partial charge in [0.2, 0.25) is 0 Å². The highest BCUT2D eigenvalue weighted by Gasteiger charge is 2.16. The number of pyridine rings is 1. The molecular formula is C20H18N2O3S. The van der Waals surface area contributed by atoms with Gasteiger partial charge in [-0.3, -0.25) is 4.79 Å². The van der Waals surface area contributed by atoms with E-state index >= 15 is 0 Å². The fourth-order valence-corrected chi connectivity index (χ4v) is 3.88. The van der Waals surface area contributed by atoms with Gasteiger partial charge in [-0.2, -0.15) is 5.26 Å². The number of aryl methyl sites for hydroxylation is 2. The predicted octanol–water partition coefficient (Wildman–Crippen LogP) is 4.28. The van der Waals surface area contributed by atoms with Gasteiger partial charge in [0.1, 0.15) is 11.6 Å². The molecule has 3 aromatic rings. The highest BCUT2D eigenvalue weighted by molar-refractivity contribution is 7.12. The average molecular weight is 366 g/mol. The third-order valence-corrected chi connectivity index (χ3v) is 5.14. The Bertz CT molecular complexity index is 1070. The molecule has 0 saturated carbocycles. The number of rotatable bonds is 4. The molecule has 2 aromatic heterocycles. The van der Waals surface area contributed by atoms with Crippen LogP contribution in [0.3, 0.4) is 0 Å². The summed E-state index contributed by atoms with van der Waals surface area (Å²) in [5, 5.41) is 9.47. The lowest BCUT2D eigenvalue weighted by atomic mass is 9.99. The van der Waals surface area contributed by atoms with E-state index in [9.17, 15) is 10.1 Å². The first kappa shape index (κ1) is 17.8. The molecule has 0 atom stereocenters. The van der Waals surface area contributed by atoms with E-state index in [2.05, 4.69) is 4.98 Å². The molecule has 0 aliphatic heterocycles. The molecule has 0 fully saturated rings. The minimum absolute atomic E-state index is 0.120. The number of benzene rings is 1. The molecular weight excluding hydrogens is 348 g/mol. The first-order valence-electron chi connectivity index (χ1n) is 7.95. The van der Waals surface area contributed by atoms with Crippen molar-refractivity contribution in [2.45, 2.75) is 13.8 Å². The Morgan fingerprint density at radius 1 is 1.04 bits per heavy atom. The van der Waals surface area contributed by atoms with E-state index in [1.165, 1.54) is 0 Å². The number of aromatic amines is 1. The van der Waals surface area contributed by atoms with Crippen molar-refractivity contribution < 1.29 is 9.47 Å². The molecule has 0 spiro atoms. The largest absolute Gasteiger partial charge is 0.493 e. The van der Waals surface area contributed by atoms with Crippen molar-refractivity contribution in [1.82, 2.24) is 4.98 Å². The van der Waals surface area contributed by atoms with Gasteiger partial charge in [-0.05, 0) is 49.7 Å². The highest BCUT2D eigenvalue weighted by Crippen LogP contribution is 2.35. The zero-order valence-electron chi connectivity index (χ0n) is 15.0. The number of nitrogens with zero attached hydrogens (tertiary/aromatic N) is 1. The first-order chi connectivity index (χ1) is 12.5. The molecule has 0 aliphatic rings. The van der Waals surface area contributed by atoms with Gasteiger partial charge >= 0.3 is 0 Å². The number of thiophene rings is 1. The zero-order chi connectivity index (χ0) is 18.8. The fraction of sp³-hybridized carbons (Fsp3) is 0.200. The molecule has 0 aliphatic carbocycles. The molecule has 0 bridgehead atoms. The second-order valence-electron chi connectivity index (χ2n) is 5.81. The van der Waals surface area contributed by atoms with E-state index < -0.39 is 5.56 Å². The van der Waals surface area contributed by atoms with Gasteiger partial charge in [0.25, 0.3) is 5.56 Å². The lowest BCUT2D eigenvalue weighted by Gasteiger charge is -2.11. The molecule has 26 heavy (non-hydrogen) atoms. The van der Waals surface area contributed by atoms with Crippen LogP contribution in [-0.2, 0) is 0 Å². The lowest BCUT2D eigenvalue weighted by molar-refractivity contribution is 0.355. The smallest absolute Gasteiger partial charge is 0.266 e. The molecule has 132 valence electrons. The summed E-state index contributed by atoms with van der Waals surface area (Å²) in [7, 11) is 3.13. The van der Waals surface area contributed by atoms with Gasteiger partial charge in [-0.15, -0.1) is 11.3 Å². The van der Waals surface area contributed by atoms with Crippen molar-refractivity contribution in [3.05, 3.63) is 56.0 Å². The van der Waals surface area contributed by atoms with Crippen LogP contribution in [0.5, 0.6) is 11.5 Å². The van der Waals surface area contributed by atoms with E-state index in [1.807, 2.05) is 38.1 Å². The Balaban J connectivity index is 2.24. The number of H-pyrrole nitrogens is 1. The normalized spacial score (nSPS) is 10.4. The molecule has 0 unspecified atom stereocenters. The standard InChI is InChI=1S/C20H18N2O3S/c1-11-7-14(12(2)26-11)15-9-17(22-20(23)16(15)10-21)13-5-6-18(24-3)19(8-13)25-4/h5-9H,1-4H3,(H,22,23). The number of aromatic nitrogens is 1. The Morgan fingerprint density at radius 2 is 1.77 bits per heavy atom. The summed E-state index contributed by atoms with van der Waals surface area (Å²) in [4.78, 5) is 17.5. The summed E-state index contributed by atoms with van der Waals surface area (Å²) in [6.07, 6.45) is 0. The molecule has 0 radical (unpaired) electrons. The highest BCUT2D eigenvalue weighted by atomic mass is 32.1. The van der Waals surface area contributed by atoms with Gasteiger partial charge in [0, 0.05) is 26.6 Å². The van der Waals surface area contributed by atoms with E-state index in [0.29, 0.717) is 22.8 Å². The summed E-state index contributed by atoms with van der Waals surface area (Å²) in [6, 6.07) is 11.3. The minimum atomic E-state index is -0.405. The number of hydrogen-bond donors (Lipinski definition) is 1. The van der Waals surface area contributed by atoms with Crippen molar-refractivity contribution in [3.63, 3.8) is 0 Å².